The number of anilines is 1. The van der Waals surface area contributed by atoms with Crippen molar-refractivity contribution in [2.75, 3.05) is 12.0 Å². The number of aryl methyl sites for hydroxylation is 1. The molecule has 0 aromatic heterocycles. The minimum absolute atomic E-state index is 0.00446. The molecule has 7 heteroatoms. The topological polar surface area (TPSA) is 66.8 Å². The van der Waals surface area contributed by atoms with Gasteiger partial charge in [-0.15, -0.1) is 0 Å². The van der Waals surface area contributed by atoms with Crippen LogP contribution in [0.2, 0.25) is 0 Å². The summed E-state index contributed by atoms with van der Waals surface area (Å²) in [7, 11) is 1.52. The van der Waals surface area contributed by atoms with Crippen molar-refractivity contribution in [1.29, 1.82) is 0 Å². The van der Waals surface area contributed by atoms with Gasteiger partial charge in [0.1, 0.15) is 11.5 Å². The number of aliphatic hydroxyl groups excluding tert-OH is 1. The third kappa shape index (κ3) is 3.51. The summed E-state index contributed by atoms with van der Waals surface area (Å²) in [6, 6.07) is 15.4. The first kappa shape index (κ1) is 21.2. The van der Waals surface area contributed by atoms with Crippen molar-refractivity contribution in [3.63, 3.8) is 0 Å². The zero-order valence-electron chi connectivity index (χ0n) is 17.3. The summed E-state index contributed by atoms with van der Waals surface area (Å²) >= 11 is 0. The Morgan fingerprint density at radius 3 is 2.31 bits per heavy atom. The summed E-state index contributed by atoms with van der Waals surface area (Å²) < 4.78 is 32.7. The first-order valence-electron chi connectivity index (χ1n) is 9.79. The number of methoxy groups -OCH3 is 1. The fourth-order valence-electron chi connectivity index (χ4n) is 3.87. The molecular formula is C25H19F2NO4. The van der Waals surface area contributed by atoms with Gasteiger partial charge in [-0.05, 0) is 48.4 Å². The first-order chi connectivity index (χ1) is 15.3. The number of carbonyl (C=O) groups excluding carboxylic acids is 2. The van der Waals surface area contributed by atoms with E-state index in [-0.39, 0.29) is 17.0 Å². The lowest BCUT2D eigenvalue weighted by molar-refractivity contribution is -0.132. The van der Waals surface area contributed by atoms with Gasteiger partial charge in [-0.2, -0.15) is 0 Å². The SMILES string of the molecule is COc1ccc(/C(O)=C2\C(=O)C(=O)N(c3ccc(F)c(F)c3)C2c2ccccc2)cc1C. The van der Waals surface area contributed by atoms with Crippen molar-refractivity contribution >= 4 is 23.1 Å². The molecule has 1 N–H and O–H groups in total. The molecule has 32 heavy (non-hydrogen) atoms. The number of amides is 1. The number of Topliss-reactive ketones (excluding diaryl/α,β-unsaturated/α-hetero) is 1. The number of hydrogen-bond acceptors (Lipinski definition) is 4. The van der Waals surface area contributed by atoms with Gasteiger partial charge in [-0.3, -0.25) is 14.5 Å². The molecule has 1 saturated heterocycles. The zero-order valence-corrected chi connectivity index (χ0v) is 17.3. The van der Waals surface area contributed by atoms with E-state index in [2.05, 4.69) is 0 Å². The molecule has 1 atom stereocenters. The second kappa shape index (κ2) is 8.26. The number of halogens is 2. The highest BCUT2D eigenvalue weighted by atomic mass is 19.2. The number of hydrogen-bond donors (Lipinski definition) is 1. The number of ether oxygens (including phenoxy) is 1. The Balaban J connectivity index is 1.94. The van der Waals surface area contributed by atoms with E-state index in [0.717, 1.165) is 22.6 Å². The largest absolute Gasteiger partial charge is 0.507 e. The summed E-state index contributed by atoms with van der Waals surface area (Å²) in [4.78, 5) is 27.1. The maximum absolute atomic E-state index is 14.0. The number of benzene rings is 3. The van der Waals surface area contributed by atoms with Crippen LogP contribution in [0.15, 0.2) is 72.3 Å². The van der Waals surface area contributed by atoms with Gasteiger partial charge in [0.15, 0.2) is 11.6 Å². The molecule has 162 valence electrons. The highest BCUT2D eigenvalue weighted by molar-refractivity contribution is 6.51. The smallest absolute Gasteiger partial charge is 0.300 e. The van der Waals surface area contributed by atoms with Crippen LogP contribution < -0.4 is 9.64 Å². The Kier molecular flexibility index (Phi) is 5.48. The average Bonchev–Trinajstić information content (AvgIpc) is 3.06. The molecule has 0 spiro atoms. The van der Waals surface area contributed by atoms with Crippen molar-refractivity contribution < 1.29 is 28.2 Å². The van der Waals surface area contributed by atoms with Gasteiger partial charge >= 0.3 is 0 Å². The van der Waals surface area contributed by atoms with Crippen molar-refractivity contribution in [3.8, 4) is 5.75 Å². The van der Waals surface area contributed by atoms with Crippen LogP contribution in [0.5, 0.6) is 5.75 Å². The van der Waals surface area contributed by atoms with Gasteiger partial charge in [0.2, 0.25) is 0 Å². The fourth-order valence-corrected chi connectivity index (χ4v) is 3.87. The maximum Gasteiger partial charge on any atom is 0.300 e. The third-order valence-electron chi connectivity index (χ3n) is 5.41. The standard InChI is InChI=1S/C25H19F2NO4/c1-14-12-16(8-11-20(14)32-2)23(29)21-22(15-6-4-3-5-7-15)28(25(31)24(21)30)17-9-10-18(26)19(27)13-17/h3-13,22,29H,1-2H3/b23-21+. The minimum atomic E-state index is -1.15. The van der Waals surface area contributed by atoms with E-state index in [0.29, 0.717) is 16.9 Å². The molecule has 3 aromatic rings. The van der Waals surface area contributed by atoms with E-state index < -0.39 is 29.4 Å². The quantitative estimate of drug-likeness (QED) is 0.359. The van der Waals surface area contributed by atoms with Crippen LogP contribution in [-0.4, -0.2) is 23.9 Å². The van der Waals surface area contributed by atoms with Gasteiger partial charge in [0.25, 0.3) is 11.7 Å². The number of ketones is 1. The molecule has 0 aliphatic carbocycles. The summed E-state index contributed by atoms with van der Waals surface area (Å²) in [5.41, 5.74) is 1.44. The van der Waals surface area contributed by atoms with Crippen LogP contribution in [0.1, 0.15) is 22.7 Å². The molecule has 1 amide bonds. The molecule has 0 bridgehead atoms. The Labute approximate surface area is 183 Å². The summed E-state index contributed by atoms with van der Waals surface area (Å²) in [5.74, 6) is -3.86. The first-order valence-corrected chi connectivity index (χ1v) is 9.79. The predicted octanol–water partition coefficient (Wildman–Crippen LogP) is 4.91. The average molecular weight is 435 g/mol. The molecule has 0 radical (unpaired) electrons. The van der Waals surface area contributed by atoms with Gasteiger partial charge in [0, 0.05) is 17.3 Å². The van der Waals surface area contributed by atoms with Crippen molar-refractivity contribution in [2.45, 2.75) is 13.0 Å². The van der Waals surface area contributed by atoms with Crippen LogP contribution in [0.3, 0.4) is 0 Å². The van der Waals surface area contributed by atoms with Crippen molar-refractivity contribution in [1.82, 2.24) is 0 Å². The lowest BCUT2D eigenvalue weighted by Gasteiger charge is -2.25. The summed E-state index contributed by atoms with van der Waals surface area (Å²) in [5, 5.41) is 11.1. The molecule has 0 saturated carbocycles. The van der Waals surface area contributed by atoms with E-state index in [4.69, 9.17) is 4.74 Å². The Morgan fingerprint density at radius 2 is 1.69 bits per heavy atom. The molecule has 1 fully saturated rings. The lowest BCUT2D eigenvalue weighted by Crippen LogP contribution is -2.29. The Hall–Kier alpha value is -4.00. The normalized spacial score (nSPS) is 17.6. The molecular weight excluding hydrogens is 416 g/mol. The van der Waals surface area contributed by atoms with E-state index in [1.807, 2.05) is 0 Å². The highest BCUT2D eigenvalue weighted by Crippen LogP contribution is 2.42. The van der Waals surface area contributed by atoms with Crippen LogP contribution in [0, 0.1) is 18.6 Å². The third-order valence-corrected chi connectivity index (χ3v) is 5.41. The van der Waals surface area contributed by atoms with E-state index >= 15 is 0 Å². The van der Waals surface area contributed by atoms with E-state index in [9.17, 15) is 23.5 Å². The van der Waals surface area contributed by atoms with Crippen LogP contribution in [0.25, 0.3) is 5.76 Å². The van der Waals surface area contributed by atoms with E-state index in [1.54, 1.807) is 55.5 Å². The van der Waals surface area contributed by atoms with Crippen LogP contribution in [-0.2, 0) is 9.59 Å². The van der Waals surface area contributed by atoms with Gasteiger partial charge < -0.3 is 9.84 Å². The van der Waals surface area contributed by atoms with Crippen molar-refractivity contribution in [2.24, 2.45) is 0 Å². The maximum atomic E-state index is 14.0. The number of rotatable bonds is 4. The second-order valence-corrected chi connectivity index (χ2v) is 7.36. The molecule has 1 aliphatic heterocycles. The molecule has 4 rings (SSSR count). The summed E-state index contributed by atoms with van der Waals surface area (Å²) in [6.45, 7) is 1.78. The van der Waals surface area contributed by atoms with Gasteiger partial charge in [-0.1, -0.05) is 30.3 Å². The van der Waals surface area contributed by atoms with Gasteiger partial charge in [-0.25, -0.2) is 8.78 Å². The number of nitrogens with zero attached hydrogens (tertiary/aromatic N) is 1. The highest BCUT2D eigenvalue weighted by Gasteiger charge is 2.47. The minimum Gasteiger partial charge on any atom is -0.507 e. The lowest BCUT2D eigenvalue weighted by atomic mass is 9.94. The molecule has 1 heterocycles. The Bertz CT molecular complexity index is 1250. The van der Waals surface area contributed by atoms with Crippen LogP contribution in [0.4, 0.5) is 14.5 Å². The Morgan fingerprint density at radius 1 is 0.969 bits per heavy atom. The summed E-state index contributed by atoms with van der Waals surface area (Å²) in [6.07, 6.45) is 0. The van der Waals surface area contributed by atoms with E-state index in [1.165, 1.54) is 13.2 Å². The van der Waals surface area contributed by atoms with Crippen molar-refractivity contribution in [3.05, 3.63) is 101 Å². The number of carbonyl (C=O) groups is 2. The predicted molar refractivity (Wildman–Crippen MR) is 115 cm³/mol. The van der Waals surface area contributed by atoms with Crippen LogP contribution >= 0.6 is 0 Å². The molecule has 1 unspecified atom stereocenters. The number of aliphatic hydroxyl groups is 1. The van der Waals surface area contributed by atoms with Gasteiger partial charge in [0.05, 0.1) is 18.7 Å². The second-order valence-electron chi connectivity index (χ2n) is 7.36. The zero-order chi connectivity index (χ0) is 23.0. The molecule has 1 aliphatic rings. The molecule has 3 aromatic carbocycles. The monoisotopic (exact) mass is 435 g/mol. The fraction of sp³-hybridized carbons (Fsp3) is 0.120. The molecule has 5 nitrogen and oxygen atoms in total.